The topological polar surface area (TPSA) is 67.2 Å². The van der Waals surface area contributed by atoms with Crippen LogP contribution in [0.25, 0.3) is 0 Å². The second-order valence-corrected chi connectivity index (χ2v) is 6.67. The molecule has 2 atom stereocenters. The van der Waals surface area contributed by atoms with E-state index in [4.69, 9.17) is 0 Å². The van der Waals surface area contributed by atoms with Crippen LogP contribution in [0.2, 0.25) is 0 Å². The minimum atomic E-state index is -0.309. The number of aryl methyl sites for hydroxylation is 1. The molecule has 6 nitrogen and oxygen atoms in total. The predicted octanol–water partition coefficient (Wildman–Crippen LogP) is 1.67. The Morgan fingerprint density at radius 3 is 3.04 bits per heavy atom. The van der Waals surface area contributed by atoms with Crippen LogP contribution in [-0.2, 0) is 16.1 Å². The number of thiophene rings is 1. The Bertz CT molecular complexity index is 654. The van der Waals surface area contributed by atoms with Gasteiger partial charge in [0.25, 0.3) is 0 Å². The third kappa shape index (κ3) is 3.44. The molecule has 1 aliphatic rings. The molecule has 122 valence electrons. The molecule has 1 saturated heterocycles. The van der Waals surface area contributed by atoms with E-state index in [-0.39, 0.29) is 30.2 Å². The van der Waals surface area contributed by atoms with E-state index in [1.54, 1.807) is 29.5 Å². The largest absolute Gasteiger partial charge is 0.356 e. The van der Waals surface area contributed by atoms with Crippen LogP contribution in [-0.4, -0.2) is 40.1 Å². The third-order valence-corrected chi connectivity index (χ3v) is 5.12. The average Bonchev–Trinajstić information content (AvgIpc) is 3.27. The summed E-state index contributed by atoms with van der Waals surface area (Å²) in [4.78, 5) is 27.3. The molecule has 23 heavy (non-hydrogen) atoms. The van der Waals surface area contributed by atoms with Gasteiger partial charge in [-0.15, -0.1) is 11.3 Å². The van der Waals surface area contributed by atoms with E-state index in [0.29, 0.717) is 6.54 Å². The van der Waals surface area contributed by atoms with Crippen molar-refractivity contribution in [2.75, 3.05) is 13.6 Å². The van der Waals surface area contributed by atoms with Crippen LogP contribution in [0, 0.1) is 5.92 Å². The van der Waals surface area contributed by atoms with Gasteiger partial charge in [-0.05, 0) is 23.9 Å². The van der Waals surface area contributed by atoms with Gasteiger partial charge in [0.1, 0.15) is 0 Å². The van der Waals surface area contributed by atoms with Gasteiger partial charge < -0.3 is 10.2 Å². The van der Waals surface area contributed by atoms with Crippen LogP contribution in [0.3, 0.4) is 0 Å². The number of nitrogens with one attached hydrogen (secondary N) is 1. The molecule has 0 bridgehead atoms. The average molecular weight is 332 g/mol. The molecule has 0 aromatic carbocycles. The first-order valence-electron chi connectivity index (χ1n) is 7.71. The number of hydrogen-bond acceptors (Lipinski definition) is 4. The molecule has 0 aliphatic carbocycles. The molecule has 1 fully saturated rings. The fourth-order valence-electron chi connectivity index (χ4n) is 2.97. The SMILES string of the molecule is CN1C(=O)C[C@H](C(=O)NCCCn2cccn2)[C@H]1c1cccs1. The zero-order valence-corrected chi connectivity index (χ0v) is 13.8. The van der Waals surface area contributed by atoms with Crippen LogP contribution < -0.4 is 5.32 Å². The minimum Gasteiger partial charge on any atom is -0.356 e. The molecule has 2 aromatic rings. The van der Waals surface area contributed by atoms with Crippen LogP contribution in [0.1, 0.15) is 23.8 Å². The Morgan fingerprint density at radius 2 is 2.35 bits per heavy atom. The molecule has 0 spiro atoms. The number of rotatable bonds is 6. The van der Waals surface area contributed by atoms with E-state index < -0.39 is 0 Å². The van der Waals surface area contributed by atoms with Gasteiger partial charge in [-0.1, -0.05) is 6.07 Å². The maximum absolute atomic E-state index is 12.5. The van der Waals surface area contributed by atoms with Gasteiger partial charge in [0.2, 0.25) is 11.8 Å². The second kappa shape index (κ2) is 6.95. The van der Waals surface area contributed by atoms with Crippen LogP contribution >= 0.6 is 11.3 Å². The van der Waals surface area contributed by atoms with Crippen molar-refractivity contribution >= 4 is 23.2 Å². The first-order chi connectivity index (χ1) is 11.2. The van der Waals surface area contributed by atoms with Crippen molar-refractivity contribution in [3.8, 4) is 0 Å². The lowest BCUT2D eigenvalue weighted by atomic mass is 9.98. The zero-order chi connectivity index (χ0) is 16.2. The molecular weight excluding hydrogens is 312 g/mol. The van der Waals surface area contributed by atoms with Gasteiger partial charge in [-0.3, -0.25) is 14.3 Å². The standard InChI is InChI=1S/C16H20N4O2S/c1-19-14(21)11-12(15(19)13-5-2-10-23-13)16(22)17-6-3-8-20-9-4-7-18-20/h2,4-5,7,9-10,12,15H,3,6,8,11H2,1H3,(H,17,22)/t12-,15-/m0/s1. The molecule has 2 aromatic heterocycles. The summed E-state index contributed by atoms with van der Waals surface area (Å²) in [6.45, 7) is 1.36. The Morgan fingerprint density at radius 1 is 1.48 bits per heavy atom. The minimum absolute atomic E-state index is 0.0279. The van der Waals surface area contributed by atoms with Gasteiger partial charge in [0.05, 0.1) is 12.0 Å². The van der Waals surface area contributed by atoms with Gasteiger partial charge in [-0.2, -0.15) is 5.10 Å². The number of carbonyl (C=O) groups excluding carboxylic acids is 2. The van der Waals surface area contributed by atoms with E-state index in [9.17, 15) is 9.59 Å². The first kappa shape index (κ1) is 15.7. The summed E-state index contributed by atoms with van der Waals surface area (Å²) in [6, 6.07) is 5.68. The van der Waals surface area contributed by atoms with E-state index in [0.717, 1.165) is 17.8 Å². The molecule has 3 rings (SSSR count). The Hall–Kier alpha value is -2.15. The van der Waals surface area contributed by atoms with Gasteiger partial charge in [0.15, 0.2) is 0 Å². The lowest BCUT2D eigenvalue weighted by molar-refractivity contribution is -0.128. The quantitative estimate of drug-likeness (QED) is 0.818. The summed E-state index contributed by atoms with van der Waals surface area (Å²) in [7, 11) is 1.78. The van der Waals surface area contributed by atoms with E-state index in [1.165, 1.54) is 0 Å². The van der Waals surface area contributed by atoms with Crippen molar-refractivity contribution in [1.29, 1.82) is 0 Å². The Kier molecular flexibility index (Phi) is 4.76. The summed E-state index contributed by atoms with van der Waals surface area (Å²) >= 11 is 1.59. The summed E-state index contributed by atoms with van der Waals surface area (Å²) in [6.07, 6.45) is 4.74. The summed E-state index contributed by atoms with van der Waals surface area (Å²) < 4.78 is 1.84. The number of aromatic nitrogens is 2. The molecule has 1 N–H and O–H groups in total. The normalized spacial score (nSPS) is 20.9. The van der Waals surface area contributed by atoms with E-state index in [1.807, 2.05) is 34.5 Å². The highest BCUT2D eigenvalue weighted by molar-refractivity contribution is 7.10. The van der Waals surface area contributed by atoms with Crippen LogP contribution in [0.15, 0.2) is 36.0 Å². The second-order valence-electron chi connectivity index (χ2n) is 5.69. The van der Waals surface area contributed by atoms with Crippen molar-refractivity contribution in [2.24, 2.45) is 5.92 Å². The maximum atomic E-state index is 12.5. The molecule has 1 aliphatic heterocycles. The number of likely N-dealkylation sites (tertiary alicyclic amines) is 1. The highest BCUT2D eigenvalue weighted by atomic mass is 32.1. The molecule has 7 heteroatoms. The first-order valence-corrected chi connectivity index (χ1v) is 8.59. The molecule has 3 heterocycles. The van der Waals surface area contributed by atoms with Crippen molar-refractivity contribution < 1.29 is 9.59 Å². The van der Waals surface area contributed by atoms with Gasteiger partial charge >= 0.3 is 0 Å². The zero-order valence-electron chi connectivity index (χ0n) is 13.0. The smallest absolute Gasteiger partial charge is 0.226 e. The third-order valence-electron chi connectivity index (χ3n) is 4.18. The summed E-state index contributed by atoms with van der Waals surface area (Å²) in [5, 5.41) is 9.07. The fourth-order valence-corrected chi connectivity index (χ4v) is 3.90. The Balaban J connectivity index is 1.56. The number of carbonyl (C=O) groups is 2. The monoisotopic (exact) mass is 332 g/mol. The Labute approximate surface area is 139 Å². The van der Waals surface area contributed by atoms with Crippen molar-refractivity contribution in [1.82, 2.24) is 20.0 Å². The van der Waals surface area contributed by atoms with Crippen molar-refractivity contribution in [3.63, 3.8) is 0 Å². The number of amides is 2. The highest BCUT2D eigenvalue weighted by Crippen LogP contribution is 2.38. The lowest BCUT2D eigenvalue weighted by Crippen LogP contribution is -2.35. The predicted molar refractivity (Wildman–Crippen MR) is 87.8 cm³/mol. The number of hydrogen-bond donors (Lipinski definition) is 1. The highest BCUT2D eigenvalue weighted by Gasteiger charge is 2.42. The van der Waals surface area contributed by atoms with Gasteiger partial charge in [0, 0.05) is 43.8 Å². The summed E-state index contributed by atoms with van der Waals surface area (Å²) in [5.41, 5.74) is 0. The number of nitrogens with zero attached hydrogens (tertiary/aromatic N) is 3. The van der Waals surface area contributed by atoms with Crippen molar-refractivity contribution in [3.05, 3.63) is 40.8 Å². The van der Waals surface area contributed by atoms with E-state index in [2.05, 4.69) is 10.4 Å². The molecule has 2 amide bonds. The van der Waals surface area contributed by atoms with Crippen molar-refractivity contribution in [2.45, 2.75) is 25.4 Å². The van der Waals surface area contributed by atoms with Crippen LogP contribution in [0.5, 0.6) is 0 Å². The van der Waals surface area contributed by atoms with Gasteiger partial charge in [-0.25, -0.2) is 0 Å². The lowest BCUT2D eigenvalue weighted by Gasteiger charge is -2.23. The molecule has 0 saturated carbocycles. The molecule has 0 unspecified atom stereocenters. The van der Waals surface area contributed by atoms with Crippen LogP contribution in [0.4, 0.5) is 0 Å². The summed E-state index contributed by atoms with van der Waals surface area (Å²) in [5.74, 6) is -0.322. The maximum Gasteiger partial charge on any atom is 0.226 e. The molecule has 0 radical (unpaired) electrons. The fraction of sp³-hybridized carbons (Fsp3) is 0.438. The molecular formula is C16H20N4O2S. The van der Waals surface area contributed by atoms with E-state index >= 15 is 0 Å².